The van der Waals surface area contributed by atoms with E-state index in [2.05, 4.69) is 20.8 Å². The van der Waals surface area contributed by atoms with E-state index >= 15 is 0 Å². The average molecular weight is 335 g/mol. The fourth-order valence-corrected chi connectivity index (χ4v) is 7.90. The summed E-state index contributed by atoms with van der Waals surface area (Å²) in [5, 5.41) is 20.7. The second-order valence-corrected chi connectivity index (χ2v) is 9.84. The number of fused-ring (bicyclic) bond motifs is 5. The van der Waals surface area contributed by atoms with Crippen molar-refractivity contribution < 1.29 is 15.0 Å². The Labute approximate surface area is 146 Å². The van der Waals surface area contributed by atoms with E-state index in [4.69, 9.17) is 0 Å². The Kier molecular flexibility index (Phi) is 3.93. The van der Waals surface area contributed by atoms with E-state index in [9.17, 15) is 15.0 Å². The smallest absolute Gasteiger partial charge is 0.136 e. The van der Waals surface area contributed by atoms with Crippen molar-refractivity contribution in [2.24, 2.45) is 40.4 Å². The van der Waals surface area contributed by atoms with Gasteiger partial charge in [-0.15, -0.1) is 0 Å². The fraction of sp³-hybridized carbons (Fsp3) is 0.952. The molecular formula is C21H34O3. The van der Waals surface area contributed by atoms with Gasteiger partial charge in [0.15, 0.2) is 0 Å². The molecule has 0 spiro atoms. The summed E-state index contributed by atoms with van der Waals surface area (Å²) in [4.78, 5) is 12.6. The number of rotatable bonds is 1. The topological polar surface area (TPSA) is 57.5 Å². The molecule has 0 amide bonds. The van der Waals surface area contributed by atoms with Gasteiger partial charge in [0.1, 0.15) is 5.78 Å². The van der Waals surface area contributed by atoms with Gasteiger partial charge in [-0.25, -0.2) is 0 Å². The summed E-state index contributed by atoms with van der Waals surface area (Å²) in [6.07, 6.45) is 7.00. The predicted molar refractivity (Wildman–Crippen MR) is 93.3 cm³/mol. The first-order chi connectivity index (χ1) is 11.3. The fourth-order valence-electron chi connectivity index (χ4n) is 7.90. The van der Waals surface area contributed by atoms with Crippen LogP contribution in [0.4, 0.5) is 0 Å². The lowest BCUT2D eigenvalue weighted by Gasteiger charge is -2.61. The van der Waals surface area contributed by atoms with Gasteiger partial charge in [0.25, 0.3) is 0 Å². The first-order valence-electron chi connectivity index (χ1n) is 10.2. The Bertz CT molecular complexity index is 531. The number of carbonyl (C=O) groups is 1. The zero-order chi connectivity index (χ0) is 17.3. The number of aliphatic hydroxyl groups is 2. The number of Topliss-reactive ketones (excluding diaryl/α,β-unsaturated/α-hetero) is 1. The van der Waals surface area contributed by atoms with Crippen molar-refractivity contribution in [3.63, 3.8) is 0 Å². The molecule has 0 aliphatic heterocycles. The SMILES string of the molecule is CC[C@H]1C(=O)C[C@H]2[C@@H]3CC[C@H]4[C@H](O)[C@H](O)CC[C@]4(C)[C@H]3CC[C@]12C. The van der Waals surface area contributed by atoms with Crippen LogP contribution in [0.3, 0.4) is 0 Å². The van der Waals surface area contributed by atoms with Gasteiger partial charge in [-0.2, -0.15) is 0 Å². The number of carbonyl (C=O) groups excluding carboxylic acids is 1. The molecule has 0 radical (unpaired) electrons. The van der Waals surface area contributed by atoms with Gasteiger partial charge in [0, 0.05) is 12.3 Å². The summed E-state index contributed by atoms with van der Waals surface area (Å²) in [6.45, 7) is 6.94. The van der Waals surface area contributed by atoms with E-state index < -0.39 is 12.2 Å². The van der Waals surface area contributed by atoms with Crippen LogP contribution >= 0.6 is 0 Å². The van der Waals surface area contributed by atoms with Crippen LogP contribution < -0.4 is 0 Å². The van der Waals surface area contributed by atoms with E-state index in [-0.39, 0.29) is 22.7 Å². The predicted octanol–water partition coefficient (Wildman–Crippen LogP) is 3.57. The zero-order valence-corrected chi connectivity index (χ0v) is 15.5. The normalized spacial score (nSPS) is 57.2. The highest BCUT2D eigenvalue weighted by molar-refractivity contribution is 5.84. The Balaban J connectivity index is 1.65. The van der Waals surface area contributed by atoms with Crippen molar-refractivity contribution in [2.75, 3.05) is 0 Å². The minimum atomic E-state index is -0.549. The van der Waals surface area contributed by atoms with E-state index in [0.717, 1.165) is 38.5 Å². The first-order valence-corrected chi connectivity index (χ1v) is 10.2. The van der Waals surface area contributed by atoms with E-state index in [0.29, 0.717) is 23.5 Å². The third-order valence-corrected chi connectivity index (χ3v) is 9.18. The number of ketones is 1. The molecule has 0 unspecified atom stereocenters. The molecule has 0 aromatic heterocycles. The minimum absolute atomic E-state index is 0.149. The summed E-state index contributed by atoms with van der Waals surface area (Å²) in [5.74, 6) is 2.85. The molecule has 4 aliphatic rings. The van der Waals surface area contributed by atoms with E-state index in [1.807, 2.05) is 0 Å². The van der Waals surface area contributed by atoms with Gasteiger partial charge < -0.3 is 10.2 Å². The maximum Gasteiger partial charge on any atom is 0.136 e. The van der Waals surface area contributed by atoms with Gasteiger partial charge in [-0.3, -0.25) is 4.79 Å². The molecule has 0 aromatic carbocycles. The summed E-state index contributed by atoms with van der Waals surface area (Å²) >= 11 is 0. The molecule has 9 atom stereocenters. The molecule has 24 heavy (non-hydrogen) atoms. The lowest BCUT2D eigenvalue weighted by Crippen LogP contribution is -2.58. The lowest BCUT2D eigenvalue weighted by atomic mass is 9.44. The summed E-state index contributed by atoms with van der Waals surface area (Å²) < 4.78 is 0. The van der Waals surface area contributed by atoms with E-state index in [1.165, 1.54) is 12.8 Å². The second-order valence-electron chi connectivity index (χ2n) is 9.84. The van der Waals surface area contributed by atoms with Crippen LogP contribution in [-0.4, -0.2) is 28.2 Å². The van der Waals surface area contributed by atoms with Gasteiger partial charge in [-0.1, -0.05) is 20.8 Å². The third kappa shape index (κ3) is 2.06. The van der Waals surface area contributed by atoms with Gasteiger partial charge in [0.2, 0.25) is 0 Å². The monoisotopic (exact) mass is 334 g/mol. The van der Waals surface area contributed by atoms with Crippen LogP contribution in [0, 0.1) is 40.4 Å². The van der Waals surface area contributed by atoms with Crippen LogP contribution in [-0.2, 0) is 4.79 Å². The summed E-state index contributed by atoms with van der Waals surface area (Å²) in [6, 6.07) is 0. The van der Waals surface area contributed by atoms with Crippen LogP contribution in [0.2, 0.25) is 0 Å². The highest BCUT2D eigenvalue weighted by atomic mass is 16.3. The first kappa shape index (κ1) is 17.0. The molecule has 0 aromatic rings. The van der Waals surface area contributed by atoms with Crippen LogP contribution in [0.25, 0.3) is 0 Å². The maximum absolute atomic E-state index is 12.6. The lowest BCUT2D eigenvalue weighted by molar-refractivity contribution is -0.173. The minimum Gasteiger partial charge on any atom is -0.390 e. The third-order valence-electron chi connectivity index (χ3n) is 9.18. The van der Waals surface area contributed by atoms with Crippen molar-refractivity contribution in [3.8, 4) is 0 Å². The van der Waals surface area contributed by atoms with Crippen LogP contribution in [0.1, 0.15) is 72.1 Å². The van der Waals surface area contributed by atoms with E-state index in [1.54, 1.807) is 0 Å². The van der Waals surface area contributed by atoms with Crippen molar-refractivity contribution in [3.05, 3.63) is 0 Å². The Morgan fingerprint density at radius 3 is 2.38 bits per heavy atom. The second kappa shape index (κ2) is 5.54. The summed E-state index contributed by atoms with van der Waals surface area (Å²) in [5.41, 5.74) is 0.360. The summed E-state index contributed by atoms with van der Waals surface area (Å²) in [7, 11) is 0. The molecule has 4 saturated carbocycles. The average Bonchev–Trinajstić information content (AvgIpc) is 2.81. The molecule has 4 rings (SSSR count). The molecule has 0 heterocycles. The molecule has 0 bridgehead atoms. The number of aliphatic hydroxyl groups excluding tert-OH is 2. The van der Waals surface area contributed by atoms with Gasteiger partial charge in [0.05, 0.1) is 12.2 Å². The Morgan fingerprint density at radius 1 is 0.958 bits per heavy atom. The maximum atomic E-state index is 12.6. The zero-order valence-electron chi connectivity index (χ0n) is 15.5. The van der Waals surface area contributed by atoms with Crippen molar-refractivity contribution in [1.29, 1.82) is 0 Å². The quantitative estimate of drug-likeness (QED) is 0.771. The molecule has 3 heteroatoms. The van der Waals surface area contributed by atoms with Crippen LogP contribution in [0.5, 0.6) is 0 Å². The van der Waals surface area contributed by atoms with Crippen LogP contribution in [0.15, 0.2) is 0 Å². The molecule has 3 nitrogen and oxygen atoms in total. The van der Waals surface area contributed by atoms with Crippen molar-refractivity contribution in [1.82, 2.24) is 0 Å². The molecule has 4 aliphatic carbocycles. The molecule has 4 fully saturated rings. The highest BCUT2D eigenvalue weighted by Gasteiger charge is 2.62. The molecule has 2 N–H and O–H groups in total. The molecular weight excluding hydrogens is 300 g/mol. The molecule has 0 saturated heterocycles. The van der Waals surface area contributed by atoms with Gasteiger partial charge in [-0.05, 0) is 79.4 Å². The van der Waals surface area contributed by atoms with Crippen molar-refractivity contribution in [2.45, 2.75) is 84.3 Å². The molecule has 136 valence electrons. The number of hydrogen-bond donors (Lipinski definition) is 2. The largest absolute Gasteiger partial charge is 0.390 e. The Morgan fingerprint density at radius 2 is 1.67 bits per heavy atom. The highest BCUT2D eigenvalue weighted by Crippen LogP contribution is 2.67. The van der Waals surface area contributed by atoms with Gasteiger partial charge >= 0.3 is 0 Å². The standard InChI is InChI=1S/C21H34O3/c1-4-13-18(23)11-16-12-5-6-15-19(24)17(22)8-10-21(15,3)14(12)7-9-20(13,16)2/h12-17,19,22,24H,4-11H2,1-3H3/t12-,13+,14+,15+,16+,17-,19+,20-,21-/m1/s1. The van der Waals surface area contributed by atoms with Crippen molar-refractivity contribution >= 4 is 5.78 Å². The Hall–Kier alpha value is -0.410. The number of hydrogen-bond acceptors (Lipinski definition) is 3.